The molecule has 0 N–H and O–H groups in total. The number of rotatable bonds is 1. The van der Waals surface area contributed by atoms with Gasteiger partial charge in [0.2, 0.25) is 11.8 Å². The number of carbonyl (C=O) groups is 2. The largest absolute Gasteiger partial charge is 0.273 e. The lowest BCUT2D eigenvalue weighted by molar-refractivity contribution is -0.126. The van der Waals surface area contributed by atoms with Gasteiger partial charge in [0.1, 0.15) is 4.64 Å². The predicted molar refractivity (Wildman–Crippen MR) is 74.9 cm³/mol. The molecular formula is C13H13N3O2S. The number of aryl methyl sites for hydroxylation is 1. The molecule has 5 nitrogen and oxygen atoms in total. The second-order valence-electron chi connectivity index (χ2n) is 4.21. The van der Waals surface area contributed by atoms with Crippen molar-refractivity contribution in [2.75, 3.05) is 5.01 Å². The van der Waals surface area contributed by atoms with E-state index in [1.807, 2.05) is 19.1 Å². The molecule has 0 radical (unpaired) electrons. The van der Waals surface area contributed by atoms with E-state index < -0.39 is 11.8 Å². The van der Waals surface area contributed by atoms with Crippen LogP contribution in [0, 0.1) is 11.6 Å². The minimum Gasteiger partial charge on any atom is -0.273 e. The van der Waals surface area contributed by atoms with Crippen LogP contribution in [0.25, 0.3) is 11.0 Å². The molecule has 2 aromatic heterocycles. The van der Waals surface area contributed by atoms with Gasteiger partial charge >= 0.3 is 0 Å². The molecule has 19 heavy (non-hydrogen) atoms. The van der Waals surface area contributed by atoms with Gasteiger partial charge in [0, 0.05) is 25.4 Å². The molecular weight excluding hydrogens is 262 g/mol. The van der Waals surface area contributed by atoms with Gasteiger partial charge in [0.05, 0.1) is 0 Å². The maximum atomic E-state index is 11.7. The van der Waals surface area contributed by atoms with Crippen LogP contribution in [0.4, 0.5) is 0 Å². The van der Waals surface area contributed by atoms with Gasteiger partial charge < -0.3 is 0 Å². The molecule has 2 heterocycles. The van der Waals surface area contributed by atoms with E-state index in [-0.39, 0.29) is 0 Å². The Morgan fingerprint density at radius 2 is 1.95 bits per heavy atom. The lowest BCUT2D eigenvalue weighted by Gasteiger charge is -2.22. The fourth-order valence-electron chi connectivity index (χ4n) is 1.95. The molecule has 0 fully saturated rings. The first-order valence-electron chi connectivity index (χ1n) is 5.72. The zero-order chi connectivity index (χ0) is 14.2. The SMILES string of the molecule is CC(=O)N(C(C)=O)n1c(=S)c(C)cc2cccnc21. The monoisotopic (exact) mass is 275 g/mol. The third-order valence-electron chi connectivity index (χ3n) is 2.72. The summed E-state index contributed by atoms with van der Waals surface area (Å²) in [7, 11) is 0. The highest BCUT2D eigenvalue weighted by atomic mass is 32.1. The topological polar surface area (TPSA) is 55.2 Å². The number of nitrogens with zero attached hydrogens (tertiary/aromatic N) is 3. The first-order chi connectivity index (χ1) is 8.93. The van der Waals surface area contributed by atoms with E-state index >= 15 is 0 Å². The molecule has 0 atom stereocenters. The Balaban J connectivity index is 2.91. The smallest absolute Gasteiger partial charge is 0.245 e. The number of aromatic nitrogens is 2. The van der Waals surface area contributed by atoms with Crippen molar-refractivity contribution in [3.8, 4) is 0 Å². The minimum atomic E-state index is -0.402. The number of imide groups is 1. The summed E-state index contributed by atoms with van der Waals surface area (Å²) in [6.45, 7) is 4.48. The van der Waals surface area contributed by atoms with Crippen LogP contribution in [-0.2, 0) is 9.59 Å². The summed E-state index contributed by atoms with van der Waals surface area (Å²) in [6, 6.07) is 5.54. The van der Waals surface area contributed by atoms with Crippen molar-refractivity contribution in [2.45, 2.75) is 20.8 Å². The van der Waals surface area contributed by atoms with Crippen LogP contribution in [-0.4, -0.2) is 21.5 Å². The minimum absolute atomic E-state index is 0.400. The van der Waals surface area contributed by atoms with E-state index in [9.17, 15) is 9.59 Å². The molecule has 0 aliphatic rings. The van der Waals surface area contributed by atoms with Crippen LogP contribution in [0.5, 0.6) is 0 Å². The highest BCUT2D eigenvalue weighted by Gasteiger charge is 2.19. The molecule has 0 unspecified atom stereocenters. The highest BCUT2D eigenvalue weighted by molar-refractivity contribution is 7.71. The molecule has 0 aliphatic carbocycles. The molecule has 2 amide bonds. The quantitative estimate of drug-likeness (QED) is 0.748. The summed E-state index contributed by atoms with van der Waals surface area (Å²) >= 11 is 5.31. The number of hydrogen-bond acceptors (Lipinski definition) is 4. The Hall–Kier alpha value is -2.08. The van der Waals surface area contributed by atoms with E-state index in [1.165, 1.54) is 18.5 Å². The highest BCUT2D eigenvalue weighted by Crippen LogP contribution is 2.16. The summed E-state index contributed by atoms with van der Waals surface area (Å²) in [5.74, 6) is -0.803. The lowest BCUT2D eigenvalue weighted by atomic mass is 10.2. The second kappa shape index (κ2) is 4.89. The van der Waals surface area contributed by atoms with Crippen LogP contribution in [0.15, 0.2) is 24.4 Å². The Morgan fingerprint density at radius 3 is 2.53 bits per heavy atom. The average molecular weight is 275 g/mol. The number of hydrogen-bond donors (Lipinski definition) is 0. The van der Waals surface area contributed by atoms with Gasteiger partial charge in [-0.2, -0.15) is 5.01 Å². The van der Waals surface area contributed by atoms with Gasteiger partial charge in [0.15, 0.2) is 5.65 Å². The van der Waals surface area contributed by atoms with Gasteiger partial charge in [0.25, 0.3) is 0 Å². The Morgan fingerprint density at radius 1 is 1.32 bits per heavy atom. The van der Waals surface area contributed by atoms with Gasteiger partial charge in [-0.1, -0.05) is 12.2 Å². The molecule has 0 saturated carbocycles. The fraction of sp³-hybridized carbons (Fsp3) is 0.231. The van der Waals surface area contributed by atoms with Gasteiger partial charge in [-0.15, -0.1) is 0 Å². The van der Waals surface area contributed by atoms with E-state index in [1.54, 1.807) is 12.3 Å². The standard InChI is InChI=1S/C13H13N3O2S/c1-8-7-11-5-4-6-14-12(11)16(13(8)19)15(9(2)17)10(3)18/h4-7H,1-3H3. The predicted octanol–water partition coefficient (Wildman–Crippen LogP) is 2.11. The zero-order valence-corrected chi connectivity index (χ0v) is 11.7. The van der Waals surface area contributed by atoms with Crippen LogP contribution in [0.2, 0.25) is 0 Å². The van der Waals surface area contributed by atoms with Gasteiger partial charge in [-0.05, 0) is 30.7 Å². The summed E-state index contributed by atoms with van der Waals surface area (Å²) in [5.41, 5.74) is 1.30. The first kappa shape index (κ1) is 13.4. The Kier molecular flexibility index (Phi) is 3.44. The van der Waals surface area contributed by atoms with E-state index in [0.29, 0.717) is 10.3 Å². The number of pyridine rings is 2. The van der Waals surface area contributed by atoms with E-state index in [2.05, 4.69) is 4.98 Å². The Bertz CT molecular complexity index is 722. The second-order valence-corrected chi connectivity index (χ2v) is 4.60. The molecule has 2 aromatic rings. The number of carbonyl (C=O) groups excluding carboxylic acids is 2. The van der Waals surface area contributed by atoms with Crippen molar-refractivity contribution < 1.29 is 9.59 Å². The Labute approximate surface area is 115 Å². The maximum absolute atomic E-state index is 11.7. The van der Waals surface area contributed by atoms with Crippen molar-refractivity contribution in [3.05, 3.63) is 34.6 Å². The van der Waals surface area contributed by atoms with Crippen molar-refractivity contribution in [3.63, 3.8) is 0 Å². The van der Waals surface area contributed by atoms with Crippen LogP contribution >= 0.6 is 12.2 Å². The molecule has 0 spiro atoms. The summed E-state index contributed by atoms with van der Waals surface area (Å²) in [4.78, 5) is 27.6. The van der Waals surface area contributed by atoms with Crippen molar-refractivity contribution >= 4 is 35.1 Å². The van der Waals surface area contributed by atoms with E-state index in [0.717, 1.165) is 16.0 Å². The van der Waals surface area contributed by atoms with Crippen molar-refractivity contribution in [1.82, 2.24) is 9.66 Å². The fourth-order valence-corrected chi connectivity index (χ4v) is 2.17. The van der Waals surface area contributed by atoms with Gasteiger partial charge in [-0.3, -0.25) is 9.59 Å². The molecule has 6 heteroatoms. The third kappa shape index (κ3) is 2.26. The molecule has 0 aromatic carbocycles. The molecule has 98 valence electrons. The maximum Gasteiger partial charge on any atom is 0.245 e. The normalized spacial score (nSPS) is 10.5. The van der Waals surface area contributed by atoms with Crippen LogP contribution < -0.4 is 5.01 Å². The lowest BCUT2D eigenvalue weighted by Crippen LogP contribution is -2.43. The van der Waals surface area contributed by atoms with Crippen LogP contribution in [0.1, 0.15) is 19.4 Å². The van der Waals surface area contributed by atoms with Crippen LogP contribution in [0.3, 0.4) is 0 Å². The summed E-state index contributed by atoms with van der Waals surface area (Å²) in [5, 5.41) is 1.83. The van der Waals surface area contributed by atoms with Crippen molar-refractivity contribution in [2.24, 2.45) is 0 Å². The van der Waals surface area contributed by atoms with Crippen molar-refractivity contribution in [1.29, 1.82) is 0 Å². The molecule has 2 rings (SSSR count). The molecule has 0 bridgehead atoms. The number of amides is 2. The summed E-state index contributed by atoms with van der Waals surface area (Å²) in [6.07, 6.45) is 1.60. The number of fused-ring (bicyclic) bond motifs is 1. The zero-order valence-electron chi connectivity index (χ0n) is 10.9. The molecule has 0 saturated heterocycles. The average Bonchev–Trinajstić information content (AvgIpc) is 2.33. The third-order valence-corrected chi connectivity index (χ3v) is 3.21. The van der Waals surface area contributed by atoms with Gasteiger partial charge in [-0.25, -0.2) is 9.66 Å². The first-order valence-corrected chi connectivity index (χ1v) is 6.13. The summed E-state index contributed by atoms with van der Waals surface area (Å²) < 4.78 is 1.79. The van der Waals surface area contributed by atoms with E-state index in [4.69, 9.17) is 12.2 Å². The molecule has 0 aliphatic heterocycles.